The quantitative estimate of drug-likeness (QED) is 0.548. The lowest BCUT2D eigenvalue weighted by Crippen LogP contribution is -2.41. The SMILES string of the molecule is CC(=O)N1C(=S)NC(=O)C1CC(N)=O. The summed E-state index contributed by atoms with van der Waals surface area (Å²) in [5.41, 5.74) is 4.94. The van der Waals surface area contributed by atoms with Gasteiger partial charge in [0.2, 0.25) is 17.7 Å². The Kier molecular flexibility index (Phi) is 2.80. The highest BCUT2D eigenvalue weighted by Gasteiger charge is 2.39. The number of nitrogens with one attached hydrogen (secondary N) is 1. The van der Waals surface area contributed by atoms with Crippen LogP contribution in [-0.2, 0) is 14.4 Å². The minimum atomic E-state index is -0.891. The van der Waals surface area contributed by atoms with E-state index in [2.05, 4.69) is 5.32 Å². The first kappa shape index (κ1) is 10.6. The highest BCUT2D eigenvalue weighted by atomic mass is 32.1. The number of hydrogen-bond donors (Lipinski definition) is 2. The van der Waals surface area contributed by atoms with E-state index in [1.165, 1.54) is 6.92 Å². The molecule has 1 unspecified atom stereocenters. The lowest BCUT2D eigenvalue weighted by Gasteiger charge is -2.17. The summed E-state index contributed by atoms with van der Waals surface area (Å²) in [7, 11) is 0. The van der Waals surface area contributed by atoms with Crippen LogP contribution in [0.3, 0.4) is 0 Å². The van der Waals surface area contributed by atoms with Gasteiger partial charge in [-0.1, -0.05) is 0 Å². The molecule has 0 spiro atoms. The summed E-state index contributed by atoms with van der Waals surface area (Å²) in [5, 5.41) is 2.32. The maximum absolute atomic E-state index is 11.2. The number of hydrogen-bond acceptors (Lipinski definition) is 4. The first-order valence-electron chi connectivity index (χ1n) is 3.86. The molecule has 76 valence electrons. The van der Waals surface area contributed by atoms with Crippen LogP contribution in [0.5, 0.6) is 0 Å². The fourth-order valence-corrected chi connectivity index (χ4v) is 1.60. The number of nitrogens with zero attached hydrogens (tertiary/aromatic N) is 1. The van der Waals surface area contributed by atoms with E-state index in [4.69, 9.17) is 18.0 Å². The summed E-state index contributed by atoms with van der Waals surface area (Å²) >= 11 is 4.74. The number of carbonyl (C=O) groups excluding carboxylic acids is 3. The molecular formula is C7H9N3O3S. The van der Waals surface area contributed by atoms with Crippen molar-refractivity contribution in [3.63, 3.8) is 0 Å². The van der Waals surface area contributed by atoms with Crippen LogP contribution in [0.4, 0.5) is 0 Å². The number of carbonyl (C=O) groups is 3. The minimum Gasteiger partial charge on any atom is -0.370 e. The molecule has 0 bridgehead atoms. The van der Waals surface area contributed by atoms with Crippen molar-refractivity contribution in [2.45, 2.75) is 19.4 Å². The van der Waals surface area contributed by atoms with E-state index in [9.17, 15) is 14.4 Å². The van der Waals surface area contributed by atoms with E-state index in [-0.39, 0.29) is 17.4 Å². The standard InChI is InChI=1S/C7H9N3O3S/c1-3(11)10-4(2-5(8)12)6(13)9-7(10)14/h4H,2H2,1H3,(H2,8,12)(H,9,13,14). The molecule has 7 heteroatoms. The zero-order valence-corrected chi connectivity index (χ0v) is 8.26. The van der Waals surface area contributed by atoms with E-state index < -0.39 is 17.9 Å². The third-order valence-corrected chi connectivity index (χ3v) is 2.10. The van der Waals surface area contributed by atoms with Gasteiger partial charge < -0.3 is 11.1 Å². The molecule has 1 fully saturated rings. The predicted octanol–water partition coefficient (Wildman–Crippen LogP) is -1.51. The second-order valence-corrected chi connectivity index (χ2v) is 3.26. The van der Waals surface area contributed by atoms with Gasteiger partial charge >= 0.3 is 0 Å². The van der Waals surface area contributed by atoms with Gasteiger partial charge in [0.1, 0.15) is 6.04 Å². The molecule has 6 nitrogen and oxygen atoms in total. The largest absolute Gasteiger partial charge is 0.370 e. The molecular weight excluding hydrogens is 206 g/mol. The van der Waals surface area contributed by atoms with Crippen LogP contribution in [0.25, 0.3) is 0 Å². The monoisotopic (exact) mass is 215 g/mol. The Bertz CT molecular complexity index is 328. The van der Waals surface area contributed by atoms with Crippen molar-refractivity contribution >= 4 is 35.1 Å². The molecule has 0 aliphatic carbocycles. The van der Waals surface area contributed by atoms with E-state index in [0.29, 0.717) is 0 Å². The van der Waals surface area contributed by atoms with Gasteiger partial charge in [-0.05, 0) is 12.2 Å². The lowest BCUT2D eigenvalue weighted by atomic mass is 10.2. The highest BCUT2D eigenvalue weighted by Crippen LogP contribution is 2.12. The van der Waals surface area contributed by atoms with Crippen LogP contribution < -0.4 is 11.1 Å². The zero-order chi connectivity index (χ0) is 10.9. The molecule has 3 N–H and O–H groups in total. The molecule has 0 radical (unpaired) electrons. The Balaban J connectivity index is 2.89. The number of primary amides is 1. The van der Waals surface area contributed by atoms with Crippen molar-refractivity contribution in [2.24, 2.45) is 5.73 Å². The van der Waals surface area contributed by atoms with Crippen molar-refractivity contribution in [3.8, 4) is 0 Å². The van der Waals surface area contributed by atoms with Crippen LogP contribution in [0.15, 0.2) is 0 Å². The Morgan fingerprint density at radius 1 is 1.64 bits per heavy atom. The van der Waals surface area contributed by atoms with Crippen molar-refractivity contribution in [1.82, 2.24) is 10.2 Å². The normalized spacial score (nSPS) is 20.9. The fraction of sp³-hybridized carbons (Fsp3) is 0.429. The van der Waals surface area contributed by atoms with Crippen molar-refractivity contribution < 1.29 is 14.4 Å². The summed E-state index contributed by atoms with van der Waals surface area (Å²) in [6.07, 6.45) is -0.217. The Morgan fingerprint density at radius 2 is 2.21 bits per heavy atom. The lowest BCUT2D eigenvalue weighted by molar-refractivity contribution is -0.133. The van der Waals surface area contributed by atoms with Crippen molar-refractivity contribution in [2.75, 3.05) is 0 Å². The van der Waals surface area contributed by atoms with Crippen LogP contribution in [-0.4, -0.2) is 33.8 Å². The second kappa shape index (κ2) is 3.70. The van der Waals surface area contributed by atoms with Gasteiger partial charge in [0, 0.05) is 6.92 Å². The van der Waals surface area contributed by atoms with Gasteiger partial charge in [-0.25, -0.2) is 0 Å². The maximum atomic E-state index is 11.2. The molecule has 1 aliphatic heterocycles. The first-order chi connectivity index (χ1) is 6.43. The molecule has 0 aromatic rings. The summed E-state index contributed by atoms with van der Waals surface area (Å²) < 4.78 is 0. The van der Waals surface area contributed by atoms with Gasteiger partial charge in [0.25, 0.3) is 0 Å². The van der Waals surface area contributed by atoms with Gasteiger partial charge in [-0.3, -0.25) is 19.3 Å². The van der Waals surface area contributed by atoms with Gasteiger partial charge in [-0.2, -0.15) is 0 Å². The molecule has 14 heavy (non-hydrogen) atoms. The third-order valence-electron chi connectivity index (χ3n) is 1.80. The predicted molar refractivity (Wildman–Crippen MR) is 50.9 cm³/mol. The first-order valence-corrected chi connectivity index (χ1v) is 4.27. The van der Waals surface area contributed by atoms with Crippen LogP contribution in [0.1, 0.15) is 13.3 Å². The molecule has 0 aromatic carbocycles. The van der Waals surface area contributed by atoms with Crippen LogP contribution >= 0.6 is 12.2 Å². The molecule has 1 saturated heterocycles. The molecule has 0 saturated carbocycles. The number of nitrogens with two attached hydrogens (primary N) is 1. The Hall–Kier alpha value is -1.50. The third kappa shape index (κ3) is 1.87. The molecule has 3 amide bonds. The van der Waals surface area contributed by atoms with E-state index in [1.54, 1.807) is 0 Å². The summed E-state index contributed by atoms with van der Waals surface area (Å²) in [6, 6.07) is -0.891. The van der Waals surface area contributed by atoms with E-state index in [0.717, 1.165) is 4.90 Å². The van der Waals surface area contributed by atoms with Crippen LogP contribution in [0, 0.1) is 0 Å². The van der Waals surface area contributed by atoms with Gasteiger partial charge in [0.15, 0.2) is 5.11 Å². The molecule has 1 atom stereocenters. The molecule has 1 aliphatic rings. The summed E-state index contributed by atoms with van der Waals surface area (Å²) in [4.78, 5) is 34.0. The minimum absolute atomic E-state index is 0.0220. The van der Waals surface area contributed by atoms with E-state index in [1.807, 2.05) is 0 Å². The zero-order valence-electron chi connectivity index (χ0n) is 7.44. The van der Waals surface area contributed by atoms with Crippen molar-refractivity contribution in [3.05, 3.63) is 0 Å². The van der Waals surface area contributed by atoms with E-state index >= 15 is 0 Å². The Labute approximate surface area is 85.4 Å². The van der Waals surface area contributed by atoms with Gasteiger partial charge in [0.05, 0.1) is 6.42 Å². The maximum Gasteiger partial charge on any atom is 0.249 e. The summed E-state index contributed by atoms with van der Waals surface area (Å²) in [6.45, 7) is 1.26. The van der Waals surface area contributed by atoms with Crippen LogP contribution in [0.2, 0.25) is 0 Å². The average molecular weight is 215 g/mol. The molecule has 0 aromatic heterocycles. The van der Waals surface area contributed by atoms with Crippen molar-refractivity contribution in [1.29, 1.82) is 0 Å². The average Bonchev–Trinajstić information content (AvgIpc) is 2.25. The smallest absolute Gasteiger partial charge is 0.249 e. The van der Waals surface area contributed by atoms with Gasteiger partial charge in [-0.15, -0.1) is 0 Å². The molecule has 1 heterocycles. The Morgan fingerprint density at radius 3 is 2.64 bits per heavy atom. The second-order valence-electron chi connectivity index (χ2n) is 2.87. The number of rotatable bonds is 2. The number of amides is 3. The number of thiocarbonyl (C=S) groups is 1. The summed E-state index contributed by atoms with van der Waals surface area (Å²) in [5.74, 6) is -1.51. The molecule has 1 rings (SSSR count). The fourth-order valence-electron chi connectivity index (χ4n) is 1.24. The highest BCUT2D eigenvalue weighted by molar-refractivity contribution is 7.80. The topological polar surface area (TPSA) is 92.5 Å².